The van der Waals surface area contributed by atoms with Crippen LogP contribution in [0.1, 0.15) is 20.7 Å². The first-order valence-electron chi connectivity index (χ1n) is 8.37. The van der Waals surface area contributed by atoms with E-state index in [2.05, 4.69) is 25.3 Å². The van der Waals surface area contributed by atoms with Crippen LogP contribution in [0, 0.1) is 0 Å². The molecular formula is C19H13N7O3. The Balaban J connectivity index is 1.84. The van der Waals surface area contributed by atoms with Crippen LogP contribution in [0.5, 0.6) is 5.75 Å². The summed E-state index contributed by atoms with van der Waals surface area (Å²) in [6.07, 6.45) is 4.90. The van der Waals surface area contributed by atoms with Crippen molar-refractivity contribution in [2.75, 3.05) is 0 Å². The average Bonchev–Trinajstić information content (AvgIpc) is 3.18. The van der Waals surface area contributed by atoms with Gasteiger partial charge >= 0.3 is 0 Å². The third-order valence-electron chi connectivity index (χ3n) is 4.11. The molecule has 3 N–H and O–H groups in total. The number of amides is 1. The van der Waals surface area contributed by atoms with E-state index in [0.717, 1.165) is 0 Å². The van der Waals surface area contributed by atoms with Gasteiger partial charge < -0.3 is 10.8 Å². The Morgan fingerprint density at radius 1 is 1.14 bits per heavy atom. The number of primary amides is 1. The van der Waals surface area contributed by atoms with Gasteiger partial charge in [0.05, 0.1) is 5.56 Å². The van der Waals surface area contributed by atoms with Crippen LogP contribution < -0.4 is 5.73 Å². The molecule has 0 fully saturated rings. The number of aromatic hydroxyl groups is 1. The van der Waals surface area contributed by atoms with E-state index in [0.29, 0.717) is 17.1 Å². The molecule has 0 aliphatic carbocycles. The summed E-state index contributed by atoms with van der Waals surface area (Å²) >= 11 is 0. The standard InChI is InChI=1S/C19H13N7O3/c20-17(29)14-9-26(19-21-6-3-7-22-19)25-18(14)24-23-15-13-5-2-1-4-11(13)8-12(10-27)16(15)28/h1-10,28H,(H2,20,29). The SMILES string of the molecule is NC(=O)c1cn(-c2ncccn2)nc1N=Nc1c(O)c(C=O)cc2ccccc12. The number of benzene rings is 2. The maximum Gasteiger partial charge on any atom is 0.254 e. The quantitative estimate of drug-likeness (QED) is 0.397. The van der Waals surface area contributed by atoms with Crippen LogP contribution in [0.4, 0.5) is 11.5 Å². The van der Waals surface area contributed by atoms with Gasteiger partial charge in [0, 0.05) is 24.0 Å². The third-order valence-corrected chi connectivity index (χ3v) is 4.11. The van der Waals surface area contributed by atoms with Gasteiger partial charge in [-0.3, -0.25) is 9.59 Å². The van der Waals surface area contributed by atoms with Gasteiger partial charge in [-0.05, 0) is 17.5 Å². The summed E-state index contributed by atoms with van der Waals surface area (Å²) in [6.45, 7) is 0. The zero-order valence-corrected chi connectivity index (χ0v) is 14.8. The minimum Gasteiger partial charge on any atom is -0.505 e. The van der Waals surface area contributed by atoms with Crippen molar-refractivity contribution in [3.05, 3.63) is 66.1 Å². The Morgan fingerprint density at radius 2 is 1.90 bits per heavy atom. The van der Waals surface area contributed by atoms with Gasteiger partial charge in [0.15, 0.2) is 12.0 Å². The van der Waals surface area contributed by atoms with Gasteiger partial charge in [0.25, 0.3) is 11.9 Å². The summed E-state index contributed by atoms with van der Waals surface area (Å²) in [5, 5.41) is 23.9. The lowest BCUT2D eigenvalue weighted by molar-refractivity contribution is 0.100. The van der Waals surface area contributed by atoms with Crippen LogP contribution in [0.3, 0.4) is 0 Å². The molecular weight excluding hydrogens is 374 g/mol. The minimum absolute atomic E-state index is 0.00320. The smallest absolute Gasteiger partial charge is 0.254 e. The summed E-state index contributed by atoms with van der Waals surface area (Å²) < 4.78 is 1.24. The van der Waals surface area contributed by atoms with E-state index in [4.69, 9.17) is 5.73 Å². The fraction of sp³-hybridized carbons (Fsp3) is 0. The van der Waals surface area contributed by atoms with Gasteiger partial charge in [-0.2, -0.15) is 0 Å². The second-order valence-electron chi connectivity index (χ2n) is 5.93. The number of phenolic OH excluding ortho intramolecular Hbond substituents is 1. The van der Waals surface area contributed by atoms with Crippen molar-refractivity contribution in [3.8, 4) is 11.7 Å². The Bertz CT molecular complexity index is 1270. The van der Waals surface area contributed by atoms with E-state index in [-0.39, 0.29) is 34.3 Å². The molecule has 4 rings (SSSR count). The Hall–Kier alpha value is -4.47. The Labute approximate surface area is 163 Å². The Morgan fingerprint density at radius 3 is 2.62 bits per heavy atom. The van der Waals surface area contributed by atoms with Crippen molar-refractivity contribution >= 4 is 34.5 Å². The van der Waals surface area contributed by atoms with Gasteiger partial charge in [-0.15, -0.1) is 15.3 Å². The molecule has 10 heteroatoms. The number of hydrogen-bond acceptors (Lipinski definition) is 8. The number of nitrogens with zero attached hydrogens (tertiary/aromatic N) is 6. The summed E-state index contributed by atoms with van der Waals surface area (Å²) in [7, 11) is 0. The highest BCUT2D eigenvalue weighted by Crippen LogP contribution is 2.38. The topological polar surface area (TPSA) is 149 Å². The third kappa shape index (κ3) is 3.30. The van der Waals surface area contributed by atoms with Crippen molar-refractivity contribution in [2.45, 2.75) is 0 Å². The first kappa shape index (κ1) is 17.9. The molecule has 0 saturated heterocycles. The number of azo groups is 1. The maximum atomic E-state index is 11.8. The average molecular weight is 387 g/mol. The Kier molecular flexibility index (Phi) is 4.49. The molecule has 2 heterocycles. The normalized spacial score (nSPS) is 11.2. The van der Waals surface area contributed by atoms with E-state index >= 15 is 0 Å². The molecule has 2 aromatic carbocycles. The van der Waals surface area contributed by atoms with Crippen molar-refractivity contribution < 1.29 is 14.7 Å². The minimum atomic E-state index is -0.767. The number of rotatable bonds is 5. The van der Waals surface area contributed by atoms with Gasteiger partial charge in [-0.25, -0.2) is 14.6 Å². The molecule has 0 aliphatic heterocycles. The first-order valence-corrected chi connectivity index (χ1v) is 8.37. The van der Waals surface area contributed by atoms with Crippen LogP contribution >= 0.6 is 0 Å². The lowest BCUT2D eigenvalue weighted by atomic mass is 10.0. The molecule has 4 aromatic rings. The molecule has 0 bridgehead atoms. The molecule has 0 spiro atoms. The fourth-order valence-corrected chi connectivity index (χ4v) is 2.75. The maximum absolute atomic E-state index is 11.8. The summed E-state index contributed by atoms with van der Waals surface area (Å²) in [4.78, 5) is 31.2. The van der Waals surface area contributed by atoms with Crippen LogP contribution in [0.25, 0.3) is 16.7 Å². The second kappa shape index (κ2) is 7.27. The fourth-order valence-electron chi connectivity index (χ4n) is 2.75. The highest BCUT2D eigenvalue weighted by Gasteiger charge is 2.17. The van der Waals surface area contributed by atoms with Crippen molar-refractivity contribution in [1.82, 2.24) is 19.7 Å². The van der Waals surface area contributed by atoms with Gasteiger partial charge in [-0.1, -0.05) is 24.3 Å². The predicted octanol–water partition coefficient (Wildman–Crippen LogP) is 2.85. The molecule has 0 unspecified atom stereocenters. The van der Waals surface area contributed by atoms with E-state index in [9.17, 15) is 14.7 Å². The molecule has 0 radical (unpaired) electrons. The predicted molar refractivity (Wildman–Crippen MR) is 103 cm³/mol. The number of fused-ring (bicyclic) bond motifs is 1. The first-order chi connectivity index (χ1) is 14.1. The zero-order valence-electron chi connectivity index (χ0n) is 14.8. The summed E-state index contributed by atoms with van der Waals surface area (Å²) in [6, 6.07) is 10.2. The van der Waals surface area contributed by atoms with Crippen molar-refractivity contribution in [1.29, 1.82) is 0 Å². The van der Waals surface area contributed by atoms with E-state index in [1.54, 1.807) is 36.4 Å². The summed E-state index contributed by atoms with van der Waals surface area (Å²) in [5.41, 5.74) is 5.55. The van der Waals surface area contributed by atoms with E-state index < -0.39 is 5.91 Å². The molecule has 0 saturated carbocycles. The van der Waals surface area contributed by atoms with Crippen LogP contribution in [-0.2, 0) is 0 Å². The molecule has 0 aliphatic rings. The number of aromatic nitrogens is 4. The van der Waals surface area contributed by atoms with Crippen molar-refractivity contribution in [3.63, 3.8) is 0 Å². The van der Waals surface area contributed by atoms with Crippen LogP contribution in [-0.4, -0.2) is 37.0 Å². The zero-order chi connectivity index (χ0) is 20.4. The number of hydrogen-bond donors (Lipinski definition) is 2. The van der Waals surface area contributed by atoms with Gasteiger partial charge in [0.2, 0.25) is 5.82 Å². The monoisotopic (exact) mass is 387 g/mol. The molecule has 0 atom stereocenters. The van der Waals surface area contributed by atoms with Crippen LogP contribution in [0.15, 0.2) is 65.2 Å². The number of nitrogens with two attached hydrogens (primary N) is 1. The highest BCUT2D eigenvalue weighted by molar-refractivity contribution is 6.01. The van der Waals surface area contributed by atoms with Gasteiger partial charge in [0.1, 0.15) is 11.3 Å². The van der Waals surface area contributed by atoms with E-state index in [1.165, 1.54) is 23.3 Å². The highest BCUT2D eigenvalue weighted by atomic mass is 16.3. The number of carbonyl (C=O) groups excluding carboxylic acids is 2. The molecule has 29 heavy (non-hydrogen) atoms. The lowest BCUT2D eigenvalue weighted by Gasteiger charge is -2.06. The largest absolute Gasteiger partial charge is 0.505 e. The van der Waals surface area contributed by atoms with E-state index in [1.807, 2.05) is 0 Å². The van der Waals surface area contributed by atoms with Crippen molar-refractivity contribution in [2.24, 2.45) is 16.0 Å². The molecule has 2 aromatic heterocycles. The summed E-state index contributed by atoms with van der Waals surface area (Å²) in [5.74, 6) is -0.955. The molecule has 1 amide bonds. The number of carbonyl (C=O) groups is 2. The van der Waals surface area contributed by atoms with Crippen LogP contribution in [0.2, 0.25) is 0 Å². The molecule has 10 nitrogen and oxygen atoms in total. The lowest BCUT2D eigenvalue weighted by Crippen LogP contribution is -2.10. The number of phenols is 1. The number of aldehydes is 1. The molecule has 142 valence electrons. The second-order valence-corrected chi connectivity index (χ2v) is 5.93.